The summed E-state index contributed by atoms with van der Waals surface area (Å²) in [4.78, 5) is 12.9. The molecule has 0 aliphatic carbocycles. The van der Waals surface area contributed by atoms with E-state index in [2.05, 4.69) is 0 Å². The van der Waals surface area contributed by atoms with Crippen LogP contribution in [0.3, 0.4) is 0 Å². The highest BCUT2D eigenvalue weighted by atomic mass is 32.2. The summed E-state index contributed by atoms with van der Waals surface area (Å²) >= 11 is 0. The Balaban J connectivity index is 1.70. The van der Waals surface area contributed by atoms with E-state index >= 15 is 0 Å². The quantitative estimate of drug-likeness (QED) is 0.716. The molecule has 0 saturated carbocycles. The van der Waals surface area contributed by atoms with Crippen molar-refractivity contribution in [1.29, 1.82) is 0 Å². The number of methoxy groups -OCH3 is 1. The van der Waals surface area contributed by atoms with Crippen LogP contribution < -0.4 is 0 Å². The second-order valence-corrected chi connectivity index (χ2v) is 9.71. The maximum atomic E-state index is 13.0. The molecule has 0 unspecified atom stereocenters. The van der Waals surface area contributed by atoms with Crippen LogP contribution in [0.2, 0.25) is 0 Å². The van der Waals surface area contributed by atoms with Gasteiger partial charge in [0.05, 0.1) is 42.7 Å². The number of ether oxygens (including phenoxy) is 4. The third-order valence-corrected chi connectivity index (χ3v) is 8.06. The van der Waals surface area contributed by atoms with Gasteiger partial charge in [0.25, 0.3) is 0 Å². The van der Waals surface area contributed by atoms with Gasteiger partial charge in [0.1, 0.15) is 5.41 Å². The molecule has 1 spiro atoms. The highest BCUT2D eigenvalue weighted by molar-refractivity contribution is 7.91. The van der Waals surface area contributed by atoms with E-state index in [0.29, 0.717) is 26.1 Å². The largest absolute Gasteiger partial charge is 0.468 e. The molecule has 1 aromatic rings. The molecule has 3 fully saturated rings. The molecule has 1 aromatic carbocycles. The van der Waals surface area contributed by atoms with Gasteiger partial charge in [0.15, 0.2) is 15.6 Å². The average Bonchev–Trinajstić information content (AvgIpc) is 3.27. The fourth-order valence-corrected chi connectivity index (χ4v) is 6.52. The van der Waals surface area contributed by atoms with Crippen molar-refractivity contribution < 1.29 is 32.2 Å². The lowest BCUT2D eigenvalue weighted by Gasteiger charge is -2.52. The molecule has 3 heterocycles. The molecule has 27 heavy (non-hydrogen) atoms. The van der Waals surface area contributed by atoms with Crippen LogP contribution >= 0.6 is 0 Å². The van der Waals surface area contributed by atoms with Gasteiger partial charge < -0.3 is 18.9 Å². The Morgan fingerprint density at radius 1 is 1.22 bits per heavy atom. The van der Waals surface area contributed by atoms with E-state index in [9.17, 15) is 13.2 Å². The van der Waals surface area contributed by atoms with Crippen LogP contribution in [0.15, 0.2) is 35.2 Å². The maximum absolute atomic E-state index is 13.0. The number of hydrogen-bond acceptors (Lipinski definition) is 7. The standard InChI is InChI=1S/C19H24O7S/c1-17(16(20)23-2)15-8-9-18(26-15,12-19(17)24-10-11-25-19)13-27(21,22)14-6-4-3-5-7-14/h3-7,15H,8-13H2,1-2H3/t15-,17-,18+/m1/s1. The van der Waals surface area contributed by atoms with Gasteiger partial charge in [-0.25, -0.2) is 8.42 Å². The monoisotopic (exact) mass is 396 g/mol. The molecule has 3 atom stereocenters. The number of rotatable bonds is 4. The van der Waals surface area contributed by atoms with E-state index in [1.807, 2.05) is 0 Å². The summed E-state index contributed by atoms with van der Waals surface area (Å²) in [6.07, 6.45) is 0.714. The molecular weight excluding hydrogens is 372 g/mol. The van der Waals surface area contributed by atoms with Crippen LogP contribution in [0.4, 0.5) is 0 Å². The van der Waals surface area contributed by atoms with Crippen LogP contribution in [0, 0.1) is 5.41 Å². The zero-order valence-electron chi connectivity index (χ0n) is 15.5. The Kier molecular flexibility index (Phi) is 4.38. The zero-order valence-corrected chi connectivity index (χ0v) is 16.3. The number of carbonyl (C=O) groups excluding carboxylic acids is 1. The van der Waals surface area contributed by atoms with Crippen molar-refractivity contribution in [3.63, 3.8) is 0 Å². The molecule has 3 aliphatic heterocycles. The van der Waals surface area contributed by atoms with Crippen molar-refractivity contribution in [2.45, 2.75) is 48.6 Å². The SMILES string of the molecule is COC(=O)[C@@]1(C)[C@H]2CC[C@@](CS(=O)(=O)c3ccccc3)(CC13OCCO3)O2. The van der Waals surface area contributed by atoms with E-state index < -0.39 is 38.7 Å². The molecule has 0 amide bonds. The minimum Gasteiger partial charge on any atom is -0.468 e. The van der Waals surface area contributed by atoms with Gasteiger partial charge in [0.2, 0.25) is 0 Å². The third-order valence-electron chi connectivity index (χ3n) is 6.16. The fraction of sp³-hybridized carbons (Fsp3) is 0.632. The number of sulfone groups is 1. The van der Waals surface area contributed by atoms with Crippen molar-refractivity contribution in [2.24, 2.45) is 5.41 Å². The summed E-state index contributed by atoms with van der Waals surface area (Å²) in [7, 11) is -2.24. The predicted octanol–water partition coefficient (Wildman–Crippen LogP) is 1.70. The number of hydrogen-bond donors (Lipinski definition) is 0. The first-order chi connectivity index (χ1) is 12.8. The number of benzene rings is 1. The number of fused-ring (bicyclic) bond motifs is 2. The number of esters is 1. The van der Waals surface area contributed by atoms with Crippen molar-refractivity contribution >= 4 is 15.8 Å². The van der Waals surface area contributed by atoms with Gasteiger partial charge in [-0.1, -0.05) is 18.2 Å². The van der Waals surface area contributed by atoms with Crippen molar-refractivity contribution in [2.75, 3.05) is 26.1 Å². The summed E-state index contributed by atoms with van der Waals surface area (Å²) < 4.78 is 49.1. The number of carbonyl (C=O) groups is 1. The van der Waals surface area contributed by atoms with Crippen molar-refractivity contribution in [1.82, 2.24) is 0 Å². The molecule has 8 heteroatoms. The van der Waals surface area contributed by atoms with Gasteiger partial charge in [-0.15, -0.1) is 0 Å². The third kappa shape index (κ3) is 2.73. The summed E-state index contributed by atoms with van der Waals surface area (Å²) in [5.41, 5.74) is -2.09. The van der Waals surface area contributed by atoms with Gasteiger partial charge in [0, 0.05) is 6.42 Å². The Bertz CT molecular complexity index is 831. The molecule has 3 saturated heterocycles. The van der Waals surface area contributed by atoms with Gasteiger partial charge in [-0.2, -0.15) is 0 Å². The molecule has 0 radical (unpaired) electrons. The van der Waals surface area contributed by atoms with E-state index in [0.717, 1.165) is 0 Å². The van der Waals surface area contributed by atoms with Crippen molar-refractivity contribution in [3.8, 4) is 0 Å². The van der Waals surface area contributed by atoms with Crippen LogP contribution in [0.25, 0.3) is 0 Å². The zero-order chi connectivity index (χ0) is 19.3. The van der Waals surface area contributed by atoms with Gasteiger partial charge in [-0.3, -0.25) is 4.79 Å². The highest BCUT2D eigenvalue weighted by Crippen LogP contribution is 2.59. The van der Waals surface area contributed by atoms with E-state index in [4.69, 9.17) is 18.9 Å². The second kappa shape index (κ2) is 6.27. The van der Waals surface area contributed by atoms with E-state index in [1.165, 1.54) is 7.11 Å². The smallest absolute Gasteiger partial charge is 0.319 e. The first-order valence-corrected chi connectivity index (χ1v) is 10.7. The Morgan fingerprint density at radius 3 is 2.52 bits per heavy atom. The molecule has 2 bridgehead atoms. The van der Waals surface area contributed by atoms with Crippen LogP contribution in [0.5, 0.6) is 0 Å². The predicted molar refractivity (Wildman–Crippen MR) is 94.7 cm³/mol. The topological polar surface area (TPSA) is 88.1 Å². The van der Waals surface area contributed by atoms with Crippen LogP contribution in [-0.4, -0.2) is 58.0 Å². The molecular formula is C19H24O7S. The van der Waals surface area contributed by atoms with E-state index in [-0.39, 0.29) is 17.1 Å². The molecule has 4 rings (SSSR count). The van der Waals surface area contributed by atoms with Crippen LogP contribution in [0.1, 0.15) is 26.2 Å². The Hall–Kier alpha value is -1.48. The maximum Gasteiger partial charge on any atom is 0.319 e. The normalized spacial score (nSPS) is 34.7. The molecule has 7 nitrogen and oxygen atoms in total. The molecule has 0 aromatic heterocycles. The van der Waals surface area contributed by atoms with E-state index in [1.54, 1.807) is 37.3 Å². The highest BCUT2D eigenvalue weighted by Gasteiger charge is 2.72. The second-order valence-electron chi connectivity index (χ2n) is 7.72. The Labute approximate surface area is 158 Å². The minimum atomic E-state index is -3.57. The summed E-state index contributed by atoms with van der Waals surface area (Å²) in [5.74, 6) is -1.87. The summed E-state index contributed by atoms with van der Waals surface area (Å²) in [6.45, 7) is 2.43. The Morgan fingerprint density at radius 2 is 1.89 bits per heavy atom. The lowest BCUT2D eigenvalue weighted by molar-refractivity contribution is -0.314. The minimum absolute atomic E-state index is 0.174. The molecule has 148 valence electrons. The van der Waals surface area contributed by atoms with Gasteiger partial charge >= 0.3 is 5.97 Å². The summed E-state index contributed by atoms with van der Waals surface area (Å²) in [5, 5.41) is 0. The lowest BCUT2D eigenvalue weighted by Crippen LogP contribution is -2.66. The average molecular weight is 396 g/mol. The fourth-order valence-electron chi connectivity index (χ4n) is 4.77. The van der Waals surface area contributed by atoms with Crippen molar-refractivity contribution in [3.05, 3.63) is 30.3 Å². The molecule has 3 aliphatic rings. The summed E-state index contributed by atoms with van der Waals surface area (Å²) in [6, 6.07) is 8.33. The first kappa shape index (κ1) is 18.9. The first-order valence-electron chi connectivity index (χ1n) is 9.09. The lowest BCUT2D eigenvalue weighted by atomic mass is 9.71. The molecule has 0 N–H and O–H groups in total. The van der Waals surface area contributed by atoms with Gasteiger partial charge in [-0.05, 0) is 31.9 Å². The van der Waals surface area contributed by atoms with Crippen LogP contribution in [-0.2, 0) is 33.6 Å².